The molecule has 0 N–H and O–H groups in total. The first-order valence-electron chi connectivity index (χ1n) is 5.49. The molecule has 0 aromatic heterocycles. The fourth-order valence-corrected chi connectivity index (χ4v) is 2.26. The van der Waals surface area contributed by atoms with Gasteiger partial charge in [0.15, 0.2) is 0 Å². The van der Waals surface area contributed by atoms with Crippen LogP contribution >= 0.6 is 0 Å². The van der Waals surface area contributed by atoms with Crippen molar-refractivity contribution in [1.29, 1.82) is 0 Å². The molecule has 0 spiro atoms. The summed E-state index contributed by atoms with van der Waals surface area (Å²) >= 11 is 0. The van der Waals surface area contributed by atoms with Crippen LogP contribution in [0.1, 0.15) is 11.5 Å². The first-order chi connectivity index (χ1) is 8.57. The Bertz CT molecular complexity index is 628. The third kappa shape index (κ3) is 1.65. The predicted octanol–water partition coefficient (Wildman–Crippen LogP) is 4.39. The summed E-state index contributed by atoms with van der Waals surface area (Å²) in [5.41, 5.74) is 0.197. The molecule has 0 saturated heterocycles. The molecule has 1 heterocycles. The molecule has 2 aromatic carbocycles. The molecule has 1 unspecified atom stereocenters. The van der Waals surface area contributed by atoms with Gasteiger partial charge in [-0.1, -0.05) is 30.3 Å². The number of alkyl halides is 3. The molecule has 1 aliphatic heterocycles. The van der Waals surface area contributed by atoms with Crippen molar-refractivity contribution in [2.45, 2.75) is 12.1 Å². The van der Waals surface area contributed by atoms with Gasteiger partial charge in [0.1, 0.15) is 11.7 Å². The lowest BCUT2D eigenvalue weighted by Gasteiger charge is -2.24. The van der Waals surface area contributed by atoms with Crippen molar-refractivity contribution in [2.24, 2.45) is 0 Å². The summed E-state index contributed by atoms with van der Waals surface area (Å²) in [6.07, 6.45) is -2.15. The number of halogens is 3. The Kier molecular flexibility index (Phi) is 2.33. The summed E-state index contributed by atoms with van der Waals surface area (Å²) in [6.45, 7) is 0. The van der Waals surface area contributed by atoms with E-state index in [2.05, 4.69) is 0 Å². The van der Waals surface area contributed by atoms with E-state index in [-0.39, 0.29) is 11.3 Å². The highest BCUT2D eigenvalue weighted by Gasteiger charge is 2.42. The van der Waals surface area contributed by atoms with Crippen molar-refractivity contribution in [2.75, 3.05) is 0 Å². The molecular weight excluding hydrogens is 241 g/mol. The Morgan fingerprint density at radius 2 is 1.78 bits per heavy atom. The van der Waals surface area contributed by atoms with Crippen molar-refractivity contribution in [3.8, 4) is 5.75 Å². The predicted molar refractivity (Wildman–Crippen MR) is 62.5 cm³/mol. The zero-order valence-electron chi connectivity index (χ0n) is 9.24. The molecule has 3 rings (SSSR count). The summed E-state index contributed by atoms with van der Waals surface area (Å²) < 4.78 is 44.3. The van der Waals surface area contributed by atoms with E-state index in [9.17, 15) is 13.2 Å². The fraction of sp³-hybridized carbons (Fsp3) is 0.143. The maximum Gasteiger partial charge on any atom is 0.399 e. The number of ether oxygens (including phenoxy) is 1. The van der Waals surface area contributed by atoms with Crippen LogP contribution in [0.3, 0.4) is 0 Å². The number of hydrogen-bond acceptors (Lipinski definition) is 1. The van der Waals surface area contributed by atoms with Crippen LogP contribution in [0, 0.1) is 0 Å². The maximum atomic E-state index is 13.0. The molecule has 0 aliphatic carbocycles. The molecule has 0 fully saturated rings. The van der Waals surface area contributed by atoms with Crippen LogP contribution < -0.4 is 4.74 Å². The standard InChI is InChI=1S/C14H9F3O/c15-14(16,17)11-7-8-18-12-6-5-9-3-1-2-4-10(9)13(11)12/h1-8,11H. The Labute approximate surface area is 101 Å². The lowest BCUT2D eigenvalue weighted by atomic mass is 9.91. The third-order valence-electron chi connectivity index (χ3n) is 3.06. The molecule has 1 aliphatic rings. The summed E-state index contributed by atoms with van der Waals surface area (Å²) in [7, 11) is 0. The zero-order valence-corrected chi connectivity index (χ0v) is 9.24. The average Bonchev–Trinajstić information content (AvgIpc) is 2.36. The first kappa shape index (κ1) is 11.1. The summed E-state index contributed by atoms with van der Waals surface area (Å²) in [5.74, 6) is -1.33. The Hall–Kier alpha value is -1.97. The Morgan fingerprint density at radius 3 is 2.56 bits per heavy atom. The number of benzene rings is 2. The second kappa shape index (κ2) is 3.77. The Balaban J connectivity index is 2.31. The highest BCUT2D eigenvalue weighted by Crippen LogP contribution is 2.45. The number of rotatable bonds is 0. The fourth-order valence-electron chi connectivity index (χ4n) is 2.26. The van der Waals surface area contributed by atoms with Crippen LogP contribution in [-0.4, -0.2) is 6.18 Å². The SMILES string of the molecule is FC(F)(F)C1C=COc2ccc3ccccc3c21. The Morgan fingerprint density at radius 1 is 1.00 bits per heavy atom. The lowest BCUT2D eigenvalue weighted by molar-refractivity contribution is -0.140. The summed E-state index contributed by atoms with van der Waals surface area (Å²) in [5, 5.41) is 1.37. The normalized spacial score (nSPS) is 18.5. The maximum absolute atomic E-state index is 13.0. The van der Waals surface area contributed by atoms with E-state index >= 15 is 0 Å². The highest BCUT2D eigenvalue weighted by molar-refractivity contribution is 5.89. The molecule has 0 radical (unpaired) electrons. The lowest BCUT2D eigenvalue weighted by Crippen LogP contribution is -2.21. The van der Waals surface area contributed by atoms with E-state index < -0.39 is 12.1 Å². The van der Waals surface area contributed by atoms with Gasteiger partial charge in [0, 0.05) is 5.56 Å². The molecule has 92 valence electrons. The van der Waals surface area contributed by atoms with Gasteiger partial charge in [-0.15, -0.1) is 0 Å². The third-order valence-corrected chi connectivity index (χ3v) is 3.06. The van der Waals surface area contributed by atoms with Crippen LogP contribution in [0.25, 0.3) is 10.8 Å². The van der Waals surface area contributed by atoms with Crippen LogP contribution in [0.2, 0.25) is 0 Å². The molecular formula is C14H9F3O. The summed E-state index contributed by atoms with van der Waals surface area (Å²) in [4.78, 5) is 0. The molecule has 2 aromatic rings. The molecule has 1 atom stereocenters. The van der Waals surface area contributed by atoms with Crippen molar-refractivity contribution in [3.05, 3.63) is 54.3 Å². The van der Waals surface area contributed by atoms with Gasteiger partial charge in [0.2, 0.25) is 0 Å². The van der Waals surface area contributed by atoms with Crippen LogP contribution in [0.15, 0.2) is 48.7 Å². The molecule has 0 bridgehead atoms. The second-order valence-electron chi connectivity index (χ2n) is 4.16. The largest absolute Gasteiger partial charge is 0.465 e. The number of fused-ring (bicyclic) bond motifs is 3. The minimum atomic E-state index is -4.31. The van der Waals surface area contributed by atoms with Gasteiger partial charge >= 0.3 is 6.18 Å². The number of hydrogen-bond donors (Lipinski definition) is 0. The molecule has 4 heteroatoms. The minimum Gasteiger partial charge on any atom is -0.465 e. The smallest absolute Gasteiger partial charge is 0.399 e. The van der Waals surface area contributed by atoms with Gasteiger partial charge in [0.25, 0.3) is 0 Å². The van der Waals surface area contributed by atoms with Crippen molar-refractivity contribution in [3.63, 3.8) is 0 Å². The van der Waals surface area contributed by atoms with Gasteiger partial charge in [-0.3, -0.25) is 0 Å². The highest BCUT2D eigenvalue weighted by atomic mass is 19.4. The average molecular weight is 250 g/mol. The van der Waals surface area contributed by atoms with Crippen LogP contribution in [-0.2, 0) is 0 Å². The molecule has 1 nitrogen and oxygen atoms in total. The zero-order chi connectivity index (χ0) is 12.8. The quantitative estimate of drug-likeness (QED) is 0.673. The van der Waals surface area contributed by atoms with E-state index in [0.717, 1.165) is 17.7 Å². The minimum absolute atomic E-state index is 0.197. The second-order valence-corrected chi connectivity index (χ2v) is 4.16. The van der Waals surface area contributed by atoms with E-state index in [0.29, 0.717) is 5.39 Å². The first-order valence-corrected chi connectivity index (χ1v) is 5.49. The van der Waals surface area contributed by atoms with Crippen LogP contribution in [0.5, 0.6) is 5.75 Å². The van der Waals surface area contributed by atoms with Gasteiger partial charge in [0.05, 0.1) is 6.26 Å². The van der Waals surface area contributed by atoms with Gasteiger partial charge in [-0.05, 0) is 22.9 Å². The molecule has 0 saturated carbocycles. The van der Waals surface area contributed by atoms with Crippen molar-refractivity contribution in [1.82, 2.24) is 0 Å². The topological polar surface area (TPSA) is 9.23 Å². The van der Waals surface area contributed by atoms with Gasteiger partial charge in [-0.2, -0.15) is 13.2 Å². The molecule has 0 amide bonds. The van der Waals surface area contributed by atoms with Crippen molar-refractivity contribution < 1.29 is 17.9 Å². The van der Waals surface area contributed by atoms with Crippen LogP contribution in [0.4, 0.5) is 13.2 Å². The summed E-state index contributed by atoms with van der Waals surface area (Å²) in [6, 6.07) is 10.4. The monoisotopic (exact) mass is 250 g/mol. The van der Waals surface area contributed by atoms with E-state index in [1.165, 1.54) is 0 Å². The van der Waals surface area contributed by atoms with Crippen molar-refractivity contribution >= 4 is 10.8 Å². The number of allylic oxidation sites excluding steroid dienone is 1. The van der Waals surface area contributed by atoms with E-state index in [4.69, 9.17) is 4.74 Å². The molecule has 18 heavy (non-hydrogen) atoms. The van der Waals surface area contributed by atoms with E-state index in [1.807, 2.05) is 0 Å². The van der Waals surface area contributed by atoms with Gasteiger partial charge < -0.3 is 4.74 Å². The van der Waals surface area contributed by atoms with Gasteiger partial charge in [-0.25, -0.2) is 0 Å². The van der Waals surface area contributed by atoms with E-state index in [1.54, 1.807) is 36.4 Å².